The van der Waals surface area contributed by atoms with E-state index in [1.807, 2.05) is 0 Å². The van der Waals surface area contributed by atoms with E-state index in [4.69, 9.17) is 25.8 Å². The molecule has 1 heterocycles. The Bertz CT molecular complexity index is 142. The predicted molar refractivity (Wildman–Crippen MR) is 42.0 cm³/mol. The van der Waals surface area contributed by atoms with Crippen molar-refractivity contribution in [2.75, 3.05) is 25.7 Å². The number of carbonyl (C=O) groups excluding carboxylic acids is 1. The molecule has 0 unspecified atom stereocenters. The van der Waals surface area contributed by atoms with Crippen molar-refractivity contribution in [2.24, 2.45) is 0 Å². The molecule has 0 radical (unpaired) electrons. The summed E-state index contributed by atoms with van der Waals surface area (Å²) in [6, 6.07) is 0. The Hall–Kier alpha value is -0.320. The molecule has 0 amide bonds. The highest BCUT2D eigenvalue weighted by Gasteiger charge is 2.16. The zero-order valence-electron chi connectivity index (χ0n) is 6.62. The van der Waals surface area contributed by atoms with Crippen LogP contribution in [-0.2, 0) is 19.0 Å². The maximum absolute atomic E-state index is 10.7. The van der Waals surface area contributed by atoms with E-state index in [-0.39, 0.29) is 5.88 Å². The van der Waals surface area contributed by atoms with E-state index >= 15 is 0 Å². The third-order valence-corrected chi connectivity index (χ3v) is 1.58. The van der Waals surface area contributed by atoms with Crippen LogP contribution in [0.25, 0.3) is 0 Å². The van der Waals surface area contributed by atoms with Gasteiger partial charge < -0.3 is 14.2 Å². The second-order valence-electron chi connectivity index (χ2n) is 2.35. The number of hydrogen-bond acceptors (Lipinski definition) is 4. The summed E-state index contributed by atoms with van der Waals surface area (Å²) in [5.74, 6) is -0.632. The van der Waals surface area contributed by atoms with Crippen LogP contribution >= 0.6 is 11.6 Å². The highest BCUT2D eigenvalue weighted by atomic mass is 35.5. The van der Waals surface area contributed by atoms with Crippen LogP contribution in [-0.4, -0.2) is 38.0 Å². The van der Waals surface area contributed by atoms with Crippen LogP contribution < -0.4 is 0 Å². The summed E-state index contributed by atoms with van der Waals surface area (Å²) in [4.78, 5) is 10.7. The van der Waals surface area contributed by atoms with E-state index in [0.29, 0.717) is 19.8 Å². The van der Waals surface area contributed by atoms with Crippen LogP contribution in [0.15, 0.2) is 0 Å². The zero-order chi connectivity index (χ0) is 8.81. The zero-order valence-corrected chi connectivity index (χ0v) is 7.38. The van der Waals surface area contributed by atoms with Crippen LogP contribution in [0, 0.1) is 0 Å². The second kappa shape index (κ2) is 5.35. The average Bonchev–Trinajstić information content (AvgIpc) is 2.33. The molecule has 0 saturated carbocycles. The number of carbonyl (C=O) groups is 1. The van der Waals surface area contributed by atoms with Gasteiger partial charge in [0.2, 0.25) is 6.29 Å². The summed E-state index contributed by atoms with van der Waals surface area (Å²) in [7, 11) is 0. The van der Waals surface area contributed by atoms with E-state index < -0.39 is 12.3 Å². The van der Waals surface area contributed by atoms with Crippen LogP contribution in [0.1, 0.15) is 6.42 Å². The number of hydrogen-bond donors (Lipinski definition) is 0. The minimum atomic E-state index is -0.584. The lowest BCUT2D eigenvalue weighted by Crippen LogP contribution is -2.25. The molecule has 0 aliphatic carbocycles. The Balaban J connectivity index is 2.24. The van der Waals surface area contributed by atoms with Crippen LogP contribution in [0.5, 0.6) is 0 Å². The molecule has 1 atom stereocenters. The molecular weight excluding hydrogens is 184 g/mol. The van der Waals surface area contributed by atoms with Crippen LogP contribution in [0.3, 0.4) is 0 Å². The summed E-state index contributed by atoms with van der Waals surface area (Å²) >= 11 is 5.24. The fourth-order valence-corrected chi connectivity index (χ4v) is 0.913. The third-order valence-electron chi connectivity index (χ3n) is 1.36. The molecule has 1 rings (SSSR count). The van der Waals surface area contributed by atoms with Gasteiger partial charge in [-0.1, -0.05) is 0 Å². The van der Waals surface area contributed by atoms with Crippen molar-refractivity contribution in [2.45, 2.75) is 12.7 Å². The summed E-state index contributed by atoms with van der Waals surface area (Å²) < 4.78 is 15.1. The Labute approximate surface area is 75.7 Å². The molecule has 1 aliphatic heterocycles. The number of alkyl halides is 1. The number of halogens is 1. The van der Waals surface area contributed by atoms with Gasteiger partial charge in [-0.15, -0.1) is 11.6 Å². The van der Waals surface area contributed by atoms with Gasteiger partial charge in [0.1, 0.15) is 12.5 Å². The Morgan fingerprint density at radius 1 is 1.58 bits per heavy atom. The van der Waals surface area contributed by atoms with Gasteiger partial charge in [0, 0.05) is 6.61 Å². The standard InChI is InChI=1S/C7H11ClO4/c8-4-6(9)12-7-5-10-2-1-3-11-7/h7H,1-5H2/t7-/m1/s1. The molecule has 0 bridgehead atoms. The molecule has 0 spiro atoms. The van der Waals surface area contributed by atoms with Crippen LogP contribution in [0.4, 0.5) is 0 Å². The first kappa shape index (κ1) is 9.77. The van der Waals surface area contributed by atoms with E-state index in [0.717, 1.165) is 6.42 Å². The van der Waals surface area contributed by atoms with Gasteiger partial charge in [-0.2, -0.15) is 0 Å². The smallest absolute Gasteiger partial charge is 0.323 e. The van der Waals surface area contributed by atoms with Crippen molar-refractivity contribution in [3.63, 3.8) is 0 Å². The summed E-state index contributed by atoms with van der Waals surface area (Å²) in [5, 5.41) is 0. The van der Waals surface area contributed by atoms with Gasteiger partial charge in [-0.05, 0) is 6.42 Å². The summed E-state index contributed by atoms with van der Waals surface area (Å²) in [6.45, 7) is 1.50. The lowest BCUT2D eigenvalue weighted by atomic mass is 10.5. The van der Waals surface area contributed by atoms with Crippen molar-refractivity contribution in [1.82, 2.24) is 0 Å². The topological polar surface area (TPSA) is 44.8 Å². The molecule has 0 N–H and O–H groups in total. The molecule has 1 fully saturated rings. The Morgan fingerprint density at radius 2 is 2.42 bits per heavy atom. The lowest BCUT2D eigenvalue weighted by molar-refractivity contribution is -0.180. The van der Waals surface area contributed by atoms with Gasteiger partial charge >= 0.3 is 5.97 Å². The molecule has 0 aromatic carbocycles. The summed E-state index contributed by atoms with van der Waals surface area (Å²) in [6.07, 6.45) is 0.244. The number of ether oxygens (including phenoxy) is 3. The van der Waals surface area contributed by atoms with Crippen molar-refractivity contribution < 1.29 is 19.0 Å². The monoisotopic (exact) mass is 194 g/mol. The Kier molecular flexibility index (Phi) is 4.35. The molecule has 1 saturated heterocycles. The highest BCUT2D eigenvalue weighted by Crippen LogP contribution is 2.03. The van der Waals surface area contributed by atoms with E-state index in [9.17, 15) is 4.79 Å². The SMILES string of the molecule is O=C(CCl)O[C@@H]1COCCCO1. The van der Waals surface area contributed by atoms with E-state index in [1.54, 1.807) is 0 Å². The minimum Gasteiger partial charge on any atom is -0.432 e. The van der Waals surface area contributed by atoms with Gasteiger partial charge in [0.05, 0.1) is 6.61 Å². The largest absolute Gasteiger partial charge is 0.432 e. The van der Waals surface area contributed by atoms with Crippen LogP contribution in [0.2, 0.25) is 0 Å². The molecule has 0 aromatic heterocycles. The third kappa shape index (κ3) is 3.38. The fourth-order valence-electron chi connectivity index (χ4n) is 0.850. The quantitative estimate of drug-likeness (QED) is 0.475. The predicted octanol–water partition coefficient (Wildman–Crippen LogP) is 0.531. The Morgan fingerprint density at radius 3 is 3.17 bits per heavy atom. The van der Waals surface area contributed by atoms with Gasteiger partial charge in [-0.3, -0.25) is 4.79 Å². The molecule has 5 heteroatoms. The highest BCUT2D eigenvalue weighted by molar-refractivity contribution is 6.26. The van der Waals surface area contributed by atoms with Crippen molar-refractivity contribution in [3.05, 3.63) is 0 Å². The second-order valence-corrected chi connectivity index (χ2v) is 2.62. The summed E-state index contributed by atoms with van der Waals surface area (Å²) in [5.41, 5.74) is 0. The molecular formula is C7H11ClO4. The first-order valence-corrected chi connectivity index (χ1v) is 4.31. The van der Waals surface area contributed by atoms with Gasteiger partial charge in [0.25, 0.3) is 0 Å². The maximum atomic E-state index is 10.7. The van der Waals surface area contributed by atoms with E-state index in [2.05, 4.69) is 0 Å². The molecule has 0 aromatic rings. The molecule has 4 nitrogen and oxygen atoms in total. The van der Waals surface area contributed by atoms with Gasteiger partial charge in [0.15, 0.2) is 0 Å². The molecule has 12 heavy (non-hydrogen) atoms. The van der Waals surface area contributed by atoms with Crippen molar-refractivity contribution in [1.29, 1.82) is 0 Å². The number of rotatable bonds is 2. The first-order valence-electron chi connectivity index (χ1n) is 3.77. The molecule has 1 aliphatic rings. The first-order chi connectivity index (χ1) is 5.83. The maximum Gasteiger partial charge on any atom is 0.323 e. The van der Waals surface area contributed by atoms with Gasteiger partial charge in [-0.25, -0.2) is 0 Å². The minimum absolute atomic E-state index is 0.153. The lowest BCUT2D eigenvalue weighted by Gasteiger charge is -2.13. The molecule has 70 valence electrons. The van der Waals surface area contributed by atoms with Crippen molar-refractivity contribution in [3.8, 4) is 0 Å². The fraction of sp³-hybridized carbons (Fsp3) is 0.857. The average molecular weight is 195 g/mol. The van der Waals surface area contributed by atoms with Crippen molar-refractivity contribution >= 4 is 17.6 Å². The normalized spacial score (nSPS) is 24.6. The van der Waals surface area contributed by atoms with E-state index in [1.165, 1.54) is 0 Å². The number of esters is 1.